The van der Waals surface area contributed by atoms with Gasteiger partial charge in [0.15, 0.2) is 0 Å². The van der Waals surface area contributed by atoms with Gasteiger partial charge in [-0.2, -0.15) is 4.68 Å². The molecule has 0 radical (unpaired) electrons. The van der Waals surface area contributed by atoms with Crippen LogP contribution in [0.5, 0.6) is 0 Å². The number of nitrogens with one attached hydrogen (secondary N) is 3. The Morgan fingerprint density at radius 1 is 0.923 bits per heavy atom. The predicted octanol–water partition coefficient (Wildman–Crippen LogP) is 4.48. The third kappa shape index (κ3) is 9.56. The second-order valence-corrected chi connectivity index (χ2v) is 13.8. The van der Waals surface area contributed by atoms with Crippen molar-refractivity contribution in [3.63, 3.8) is 0 Å². The van der Waals surface area contributed by atoms with Crippen LogP contribution >= 0.6 is 11.6 Å². The molecule has 4 aromatic rings. The molecule has 0 aliphatic carbocycles. The van der Waals surface area contributed by atoms with Gasteiger partial charge in [0.2, 0.25) is 11.8 Å². The zero-order chi connectivity index (χ0) is 37.6. The van der Waals surface area contributed by atoms with Crippen molar-refractivity contribution in [3.8, 4) is 5.69 Å². The van der Waals surface area contributed by atoms with E-state index in [1.807, 2.05) is 24.3 Å². The number of anilines is 4. The van der Waals surface area contributed by atoms with Crippen molar-refractivity contribution >= 4 is 63.9 Å². The van der Waals surface area contributed by atoms with Gasteiger partial charge in [0, 0.05) is 36.3 Å². The third-order valence-electron chi connectivity index (χ3n) is 8.07. The second-order valence-electron chi connectivity index (χ2n) is 13.4. The first kappa shape index (κ1) is 37.6. The number of esters is 1. The topological polar surface area (TPSA) is 181 Å². The number of aromatic nitrogens is 4. The highest BCUT2D eigenvalue weighted by Crippen LogP contribution is 2.30. The molecule has 0 bridgehead atoms. The van der Waals surface area contributed by atoms with Gasteiger partial charge in [0.1, 0.15) is 11.9 Å². The van der Waals surface area contributed by atoms with Crippen LogP contribution in [0.1, 0.15) is 57.0 Å². The summed E-state index contributed by atoms with van der Waals surface area (Å²) in [4.78, 5) is 69.6. The molecule has 1 saturated heterocycles. The molecule has 0 saturated carbocycles. The number of carbonyl (C=O) groups excluding carboxylic acids is 5. The van der Waals surface area contributed by atoms with E-state index in [1.54, 1.807) is 37.8 Å². The van der Waals surface area contributed by atoms with Crippen molar-refractivity contribution < 1.29 is 28.7 Å². The molecule has 272 valence electrons. The highest BCUT2D eigenvalue weighted by molar-refractivity contribution is 6.44. The van der Waals surface area contributed by atoms with Gasteiger partial charge in [0.25, 0.3) is 0 Å². The Balaban J connectivity index is 1.29. The highest BCUT2D eigenvalue weighted by Gasteiger charge is 2.28. The van der Waals surface area contributed by atoms with E-state index in [0.717, 1.165) is 17.8 Å². The Labute approximate surface area is 305 Å². The zero-order valence-electron chi connectivity index (χ0n) is 29.5. The maximum absolute atomic E-state index is 13.3. The lowest BCUT2D eigenvalue weighted by molar-refractivity contribution is -0.133. The number of hydrogen-bond acceptors (Lipinski definition) is 10. The molecule has 5 rings (SSSR count). The first-order valence-corrected chi connectivity index (χ1v) is 17.0. The summed E-state index contributed by atoms with van der Waals surface area (Å²) in [6, 6.07) is 16.8. The van der Waals surface area contributed by atoms with Crippen LogP contribution in [-0.2, 0) is 30.3 Å². The minimum Gasteiger partial charge on any atom is -0.456 e. The van der Waals surface area contributed by atoms with E-state index in [-0.39, 0.29) is 40.0 Å². The average molecular weight is 730 g/mol. The van der Waals surface area contributed by atoms with Crippen molar-refractivity contribution in [3.05, 3.63) is 83.1 Å². The van der Waals surface area contributed by atoms with Crippen LogP contribution in [0.3, 0.4) is 0 Å². The number of rotatable bonds is 10. The maximum Gasteiger partial charge on any atom is 0.340 e. The van der Waals surface area contributed by atoms with E-state index < -0.39 is 29.3 Å². The van der Waals surface area contributed by atoms with Crippen molar-refractivity contribution in [2.45, 2.75) is 59.1 Å². The Morgan fingerprint density at radius 2 is 1.65 bits per heavy atom. The molecule has 1 aliphatic heterocycles. The number of aryl methyl sites for hydroxylation is 1. The summed E-state index contributed by atoms with van der Waals surface area (Å²) in [6.07, 6.45) is 1.74. The van der Waals surface area contributed by atoms with Gasteiger partial charge in [-0.15, -0.1) is 5.10 Å². The summed E-state index contributed by atoms with van der Waals surface area (Å²) in [5.41, 5.74) is 1.16. The van der Waals surface area contributed by atoms with Gasteiger partial charge in [-0.05, 0) is 99.5 Å². The number of piperazine rings is 1. The smallest absolute Gasteiger partial charge is 0.340 e. The second kappa shape index (κ2) is 16.1. The largest absolute Gasteiger partial charge is 0.456 e. The van der Waals surface area contributed by atoms with Gasteiger partial charge in [0.05, 0.1) is 34.9 Å². The quantitative estimate of drug-likeness (QED) is 0.156. The minimum absolute atomic E-state index is 0.0413. The lowest BCUT2D eigenvalue weighted by Crippen LogP contribution is -2.52. The van der Waals surface area contributed by atoms with E-state index in [0.29, 0.717) is 31.2 Å². The molecule has 16 heteroatoms. The molecule has 15 nitrogen and oxygen atoms in total. The lowest BCUT2D eigenvalue weighted by Gasteiger charge is -2.36. The number of benzene rings is 3. The first-order chi connectivity index (χ1) is 24.7. The number of ether oxygens (including phenoxy) is 1. The number of halogens is 1. The first-order valence-electron chi connectivity index (χ1n) is 16.6. The molecule has 1 aromatic heterocycles. The average Bonchev–Trinajstić information content (AvgIpc) is 3.62. The number of tetrazole rings is 1. The summed E-state index contributed by atoms with van der Waals surface area (Å²) in [6.45, 7) is 11.0. The van der Waals surface area contributed by atoms with Crippen LogP contribution in [-0.4, -0.2) is 86.0 Å². The van der Waals surface area contributed by atoms with Crippen LogP contribution in [0.25, 0.3) is 5.69 Å². The number of amides is 4. The molecule has 52 heavy (non-hydrogen) atoms. The van der Waals surface area contributed by atoms with Crippen LogP contribution in [0.4, 0.5) is 22.7 Å². The van der Waals surface area contributed by atoms with E-state index >= 15 is 0 Å². The van der Waals surface area contributed by atoms with Crippen molar-refractivity contribution in [1.82, 2.24) is 25.1 Å². The summed E-state index contributed by atoms with van der Waals surface area (Å²) in [7, 11) is 0. The van der Waals surface area contributed by atoms with Gasteiger partial charge in [-0.3, -0.25) is 24.1 Å². The molecule has 1 aliphatic rings. The normalized spacial score (nSPS) is 13.5. The van der Waals surface area contributed by atoms with Crippen LogP contribution in [0, 0.1) is 0 Å². The molecule has 1 fully saturated rings. The molecule has 0 unspecified atom stereocenters. The van der Waals surface area contributed by atoms with E-state index in [9.17, 15) is 24.0 Å². The summed E-state index contributed by atoms with van der Waals surface area (Å²) in [5, 5.41) is 19.0. The summed E-state index contributed by atoms with van der Waals surface area (Å²) < 4.78 is 6.82. The van der Waals surface area contributed by atoms with Crippen molar-refractivity contribution in [1.29, 1.82) is 0 Å². The van der Waals surface area contributed by atoms with Gasteiger partial charge >= 0.3 is 17.8 Å². The van der Waals surface area contributed by atoms with Crippen LogP contribution in [0.15, 0.2) is 67.0 Å². The highest BCUT2D eigenvalue weighted by atomic mass is 35.5. The molecule has 3 N–H and O–H groups in total. The Bertz CT molecular complexity index is 1960. The SMILES string of the molecule is CC(C)N1CCN(c2ccc(CCC(=O)Nc3cccc(C(=O)OC(C)(C)C)c3NC(=O)C(=O)Nc3cc(Cl)ccc3-n3cnnn3)cc2)C(=O)C1. The summed E-state index contributed by atoms with van der Waals surface area (Å²) >= 11 is 6.15. The van der Waals surface area contributed by atoms with E-state index in [2.05, 4.69) is 50.2 Å². The maximum atomic E-state index is 13.3. The molecule has 2 heterocycles. The Kier molecular flexibility index (Phi) is 11.7. The Hall–Kier alpha value is -5.67. The van der Waals surface area contributed by atoms with E-state index in [4.69, 9.17) is 16.3 Å². The van der Waals surface area contributed by atoms with Crippen molar-refractivity contribution in [2.24, 2.45) is 0 Å². The van der Waals surface area contributed by atoms with Crippen LogP contribution in [0.2, 0.25) is 5.02 Å². The zero-order valence-corrected chi connectivity index (χ0v) is 30.2. The third-order valence-corrected chi connectivity index (χ3v) is 8.31. The fourth-order valence-electron chi connectivity index (χ4n) is 5.44. The molecule has 4 amide bonds. The molecule has 0 spiro atoms. The van der Waals surface area contributed by atoms with E-state index in [1.165, 1.54) is 35.3 Å². The fourth-order valence-corrected chi connectivity index (χ4v) is 5.61. The van der Waals surface area contributed by atoms with Crippen molar-refractivity contribution in [2.75, 3.05) is 40.5 Å². The summed E-state index contributed by atoms with van der Waals surface area (Å²) in [5.74, 6) is -3.38. The molecule has 3 aromatic carbocycles. The number of para-hydroxylation sites is 1. The number of carbonyl (C=O) groups is 5. The standard InChI is InChI=1S/C36H40ClN9O6/c1-22(2)44-17-18-45(31(48)20-44)25-13-9-23(10-14-25)11-16-30(47)39-27-8-6-7-26(35(51)52-36(3,4)5)32(27)41-34(50)33(49)40-28-19-24(37)12-15-29(28)46-21-38-42-43-46/h6-10,12-15,19,21-22H,11,16-18,20H2,1-5H3,(H,39,47)(H,40,49)(H,41,50). The number of nitrogens with zero attached hydrogens (tertiary/aromatic N) is 6. The predicted molar refractivity (Wildman–Crippen MR) is 195 cm³/mol. The molecular weight excluding hydrogens is 690 g/mol. The lowest BCUT2D eigenvalue weighted by atomic mass is 10.1. The van der Waals surface area contributed by atoms with Gasteiger partial charge in [-0.25, -0.2) is 4.79 Å². The monoisotopic (exact) mass is 729 g/mol. The minimum atomic E-state index is -1.14. The van der Waals surface area contributed by atoms with Gasteiger partial charge < -0.3 is 25.6 Å². The van der Waals surface area contributed by atoms with Crippen LogP contribution < -0.4 is 20.9 Å². The van der Waals surface area contributed by atoms with Gasteiger partial charge in [-0.1, -0.05) is 29.8 Å². The molecular formula is C36H40ClN9O6. The fraction of sp³-hybridized carbons (Fsp3) is 0.333. The number of hydrogen-bond donors (Lipinski definition) is 3. The molecule has 0 atom stereocenters. The Morgan fingerprint density at radius 3 is 2.31 bits per heavy atom.